The molecular weight excluding hydrogens is 417 g/mol. The molecule has 0 aromatic heterocycles. The Morgan fingerprint density at radius 3 is 2.38 bits per heavy atom. The van der Waals surface area contributed by atoms with Crippen molar-refractivity contribution in [2.45, 2.75) is 33.7 Å². The van der Waals surface area contributed by atoms with Crippen LogP contribution in [0, 0.1) is 5.92 Å². The summed E-state index contributed by atoms with van der Waals surface area (Å²) in [6, 6.07) is 8.38. The standard InChI is InChI=1S/C18H31N3O2.HI/c1-6-19-18(20-11-12-22-5)21-15(4)16-7-9-17(10-8-16)23-13-14(2)3;/h7-10,14-15H,6,11-13H2,1-5H3,(H2,19,20,21);1H. The number of benzene rings is 1. The largest absolute Gasteiger partial charge is 0.493 e. The van der Waals surface area contributed by atoms with E-state index in [0.717, 1.165) is 24.9 Å². The van der Waals surface area contributed by atoms with E-state index in [1.807, 2.05) is 12.1 Å². The number of methoxy groups -OCH3 is 1. The molecule has 1 rings (SSSR count). The van der Waals surface area contributed by atoms with E-state index in [2.05, 4.69) is 55.5 Å². The van der Waals surface area contributed by atoms with Crippen LogP contribution in [0.2, 0.25) is 0 Å². The Hall–Kier alpha value is -1.02. The zero-order valence-corrected chi connectivity index (χ0v) is 17.8. The van der Waals surface area contributed by atoms with E-state index in [4.69, 9.17) is 9.47 Å². The number of guanidine groups is 1. The van der Waals surface area contributed by atoms with Gasteiger partial charge in [-0.3, -0.25) is 4.99 Å². The summed E-state index contributed by atoms with van der Waals surface area (Å²) in [6.07, 6.45) is 0. The van der Waals surface area contributed by atoms with Crippen LogP contribution in [-0.2, 0) is 4.74 Å². The third-order valence-electron chi connectivity index (χ3n) is 3.23. The molecule has 24 heavy (non-hydrogen) atoms. The van der Waals surface area contributed by atoms with E-state index in [-0.39, 0.29) is 30.0 Å². The topological polar surface area (TPSA) is 54.9 Å². The highest BCUT2D eigenvalue weighted by atomic mass is 127. The van der Waals surface area contributed by atoms with Crippen molar-refractivity contribution in [1.29, 1.82) is 0 Å². The van der Waals surface area contributed by atoms with Crippen LogP contribution in [-0.4, -0.2) is 39.4 Å². The molecule has 138 valence electrons. The molecular formula is C18H32IN3O2. The van der Waals surface area contributed by atoms with Gasteiger partial charge in [-0.15, -0.1) is 24.0 Å². The second-order valence-electron chi connectivity index (χ2n) is 5.89. The van der Waals surface area contributed by atoms with Gasteiger partial charge in [0, 0.05) is 13.7 Å². The smallest absolute Gasteiger partial charge is 0.191 e. The molecule has 0 spiro atoms. The number of ether oxygens (including phenoxy) is 2. The third kappa shape index (κ3) is 9.32. The van der Waals surface area contributed by atoms with Gasteiger partial charge in [0.15, 0.2) is 5.96 Å². The van der Waals surface area contributed by atoms with Gasteiger partial charge in [-0.2, -0.15) is 0 Å². The highest BCUT2D eigenvalue weighted by molar-refractivity contribution is 14.0. The second-order valence-corrected chi connectivity index (χ2v) is 5.89. The van der Waals surface area contributed by atoms with Crippen molar-refractivity contribution >= 4 is 29.9 Å². The number of hydrogen-bond acceptors (Lipinski definition) is 3. The summed E-state index contributed by atoms with van der Waals surface area (Å²) in [5.41, 5.74) is 1.19. The van der Waals surface area contributed by atoms with Crippen molar-refractivity contribution in [3.8, 4) is 5.75 Å². The molecule has 1 unspecified atom stereocenters. The van der Waals surface area contributed by atoms with Gasteiger partial charge in [-0.1, -0.05) is 26.0 Å². The first-order valence-electron chi connectivity index (χ1n) is 8.33. The summed E-state index contributed by atoms with van der Waals surface area (Å²) in [4.78, 5) is 4.48. The van der Waals surface area contributed by atoms with E-state index in [1.54, 1.807) is 7.11 Å². The molecule has 0 aliphatic rings. The van der Waals surface area contributed by atoms with Crippen molar-refractivity contribution in [3.05, 3.63) is 29.8 Å². The van der Waals surface area contributed by atoms with Crippen LogP contribution in [0.15, 0.2) is 29.3 Å². The summed E-state index contributed by atoms with van der Waals surface area (Å²) in [7, 11) is 1.68. The Kier molecular flexibility index (Phi) is 12.7. The van der Waals surface area contributed by atoms with Gasteiger partial charge in [0.1, 0.15) is 5.75 Å². The molecule has 5 nitrogen and oxygen atoms in total. The minimum Gasteiger partial charge on any atom is -0.493 e. The molecule has 0 saturated carbocycles. The number of hydrogen-bond donors (Lipinski definition) is 2. The highest BCUT2D eigenvalue weighted by Gasteiger charge is 2.08. The van der Waals surface area contributed by atoms with E-state index < -0.39 is 0 Å². The Bertz CT molecular complexity index is 464. The molecule has 0 aliphatic carbocycles. The molecule has 1 aromatic rings. The van der Waals surface area contributed by atoms with Gasteiger partial charge in [0.2, 0.25) is 0 Å². The molecule has 6 heteroatoms. The SMILES string of the molecule is CCNC(=NCCOC)NC(C)c1ccc(OCC(C)C)cc1.I. The lowest BCUT2D eigenvalue weighted by Gasteiger charge is -2.18. The van der Waals surface area contributed by atoms with Crippen LogP contribution in [0.1, 0.15) is 39.3 Å². The van der Waals surface area contributed by atoms with Crippen molar-refractivity contribution in [3.63, 3.8) is 0 Å². The maximum Gasteiger partial charge on any atom is 0.191 e. The first-order chi connectivity index (χ1) is 11.1. The average Bonchev–Trinajstić information content (AvgIpc) is 2.53. The number of nitrogens with one attached hydrogen (secondary N) is 2. The number of halogens is 1. The van der Waals surface area contributed by atoms with Crippen LogP contribution in [0.5, 0.6) is 5.75 Å². The second kappa shape index (κ2) is 13.3. The fourth-order valence-corrected chi connectivity index (χ4v) is 1.97. The summed E-state index contributed by atoms with van der Waals surface area (Å²) in [6.45, 7) is 11.3. The van der Waals surface area contributed by atoms with Crippen LogP contribution in [0.4, 0.5) is 0 Å². The van der Waals surface area contributed by atoms with E-state index >= 15 is 0 Å². The van der Waals surface area contributed by atoms with Gasteiger partial charge in [0.25, 0.3) is 0 Å². The zero-order valence-electron chi connectivity index (χ0n) is 15.5. The Labute approximate surface area is 163 Å². The maximum atomic E-state index is 5.72. The predicted octanol–water partition coefficient (Wildman–Crippen LogP) is 3.60. The van der Waals surface area contributed by atoms with Crippen LogP contribution in [0.3, 0.4) is 0 Å². The monoisotopic (exact) mass is 449 g/mol. The number of aliphatic imine (C=N–C) groups is 1. The lowest BCUT2D eigenvalue weighted by Crippen LogP contribution is -2.39. The third-order valence-corrected chi connectivity index (χ3v) is 3.23. The Morgan fingerprint density at radius 2 is 1.83 bits per heavy atom. The summed E-state index contributed by atoms with van der Waals surface area (Å²) in [5, 5.41) is 6.65. The van der Waals surface area contributed by atoms with Crippen LogP contribution in [0.25, 0.3) is 0 Å². The summed E-state index contributed by atoms with van der Waals surface area (Å²) >= 11 is 0. The first kappa shape index (κ1) is 23.0. The quantitative estimate of drug-likeness (QED) is 0.262. The fraction of sp³-hybridized carbons (Fsp3) is 0.611. The normalized spacial score (nSPS) is 12.5. The summed E-state index contributed by atoms with van der Waals surface area (Å²) < 4.78 is 10.8. The molecule has 0 aliphatic heterocycles. The predicted molar refractivity (Wildman–Crippen MR) is 112 cm³/mol. The molecule has 0 saturated heterocycles. The summed E-state index contributed by atoms with van der Waals surface area (Å²) in [5.74, 6) is 2.24. The van der Waals surface area contributed by atoms with Gasteiger partial charge >= 0.3 is 0 Å². The molecule has 1 atom stereocenters. The lowest BCUT2D eigenvalue weighted by atomic mass is 10.1. The van der Waals surface area contributed by atoms with Crippen LogP contribution < -0.4 is 15.4 Å². The Morgan fingerprint density at radius 1 is 1.17 bits per heavy atom. The molecule has 0 amide bonds. The van der Waals surface area contributed by atoms with Gasteiger partial charge < -0.3 is 20.1 Å². The Balaban J connectivity index is 0.00000529. The molecule has 0 fully saturated rings. The minimum atomic E-state index is 0. The van der Waals surface area contributed by atoms with Crippen molar-refractivity contribution < 1.29 is 9.47 Å². The first-order valence-corrected chi connectivity index (χ1v) is 8.33. The maximum absolute atomic E-state index is 5.72. The van der Waals surface area contributed by atoms with Crippen molar-refractivity contribution in [2.75, 3.05) is 33.4 Å². The number of nitrogens with zero attached hydrogens (tertiary/aromatic N) is 1. The van der Waals surface area contributed by atoms with Gasteiger partial charge in [-0.05, 0) is 37.5 Å². The van der Waals surface area contributed by atoms with E-state index in [0.29, 0.717) is 19.1 Å². The average molecular weight is 449 g/mol. The highest BCUT2D eigenvalue weighted by Crippen LogP contribution is 2.18. The lowest BCUT2D eigenvalue weighted by molar-refractivity contribution is 0.208. The molecule has 1 aromatic carbocycles. The zero-order chi connectivity index (χ0) is 17.1. The van der Waals surface area contributed by atoms with E-state index in [1.165, 1.54) is 5.56 Å². The van der Waals surface area contributed by atoms with Gasteiger partial charge in [-0.25, -0.2) is 0 Å². The van der Waals surface area contributed by atoms with Crippen LogP contribution >= 0.6 is 24.0 Å². The fourth-order valence-electron chi connectivity index (χ4n) is 1.97. The molecule has 0 bridgehead atoms. The van der Waals surface area contributed by atoms with Crippen molar-refractivity contribution in [1.82, 2.24) is 10.6 Å². The van der Waals surface area contributed by atoms with Crippen molar-refractivity contribution in [2.24, 2.45) is 10.9 Å². The number of rotatable bonds is 9. The van der Waals surface area contributed by atoms with E-state index in [9.17, 15) is 0 Å². The van der Waals surface area contributed by atoms with Gasteiger partial charge in [0.05, 0.1) is 25.8 Å². The molecule has 0 heterocycles. The molecule has 0 radical (unpaired) electrons. The molecule has 2 N–H and O–H groups in total. The minimum absolute atomic E-state index is 0.